The molecule has 0 bridgehead atoms. The number of hydrogen-bond donors (Lipinski definition) is 0. The first kappa shape index (κ1) is 10.2. The molecule has 3 heteroatoms. The van der Waals surface area contributed by atoms with Crippen LogP contribution in [0.4, 0.5) is 8.78 Å². The van der Waals surface area contributed by atoms with E-state index in [2.05, 4.69) is 0 Å². The molecule has 0 radical (unpaired) electrons. The summed E-state index contributed by atoms with van der Waals surface area (Å²) >= 11 is -1.42. The molecular formula is C11H13F2Ga. The molecule has 1 aromatic carbocycles. The predicted octanol–water partition coefficient (Wildman–Crippen LogP) is 2.85. The second kappa shape index (κ2) is 4.49. The number of hydrogen-bond acceptors (Lipinski definition) is 0. The average molecular weight is 253 g/mol. The van der Waals surface area contributed by atoms with Gasteiger partial charge in [-0.25, -0.2) is 0 Å². The Morgan fingerprint density at radius 1 is 0.929 bits per heavy atom. The van der Waals surface area contributed by atoms with E-state index in [1.165, 1.54) is 41.3 Å². The van der Waals surface area contributed by atoms with Gasteiger partial charge in [-0.1, -0.05) is 0 Å². The molecule has 1 aromatic rings. The summed E-state index contributed by atoms with van der Waals surface area (Å²) in [5.74, 6) is -1.38. The first-order valence-corrected chi connectivity index (χ1v) is 9.86. The van der Waals surface area contributed by atoms with Crippen molar-refractivity contribution in [1.82, 2.24) is 0 Å². The Morgan fingerprint density at radius 2 is 1.64 bits per heavy atom. The summed E-state index contributed by atoms with van der Waals surface area (Å²) in [6, 6.07) is 4.52. The van der Waals surface area contributed by atoms with Gasteiger partial charge in [0.1, 0.15) is 0 Å². The SMILES string of the molecule is Fc1cc[c]([Ga]2[CH2]CCC[CH2]2)cc1F. The van der Waals surface area contributed by atoms with E-state index in [0.717, 1.165) is 4.12 Å². The van der Waals surface area contributed by atoms with Gasteiger partial charge in [0.25, 0.3) is 0 Å². The molecule has 2 rings (SSSR count). The van der Waals surface area contributed by atoms with E-state index < -0.39 is 27.9 Å². The second-order valence-electron chi connectivity index (χ2n) is 4.01. The van der Waals surface area contributed by atoms with Crippen LogP contribution >= 0.6 is 0 Å². The standard InChI is InChI=1S/C6H3F2.C5H10.Ga/c7-5-3-1-2-4-6(5)8;1-3-5-4-2;/h1,3-4H;1-5H2;. The van der Waals surface area contributed by atoms with Crippen molar-refractivity contribution in [2.45, 2.75) is 29.2 Å². The third-order valence-corrected chi connectivity index (χ3v) is 10.4. The Morgan fingerprint density at radius 3 is 2.29 bits per heavy atom. The van der Waals surface area contributed by atoms with Gasteiger partial charge >= 0.3 is 88.2 Å². The van der Waals surface area contributed by atoms with E-state index in [4.69, 9.17) is 0 Å². The quantitative estimate of drug-likeness (QED) is 0.675. The number of halogens is 2. The van der Waals surface area contributed by atoms with Gasteiger partial charge in [0.05, 0.1) is 0 Å². The van der Waals surface area contributed by atoms with Gasteiger partial charge in [-0.15, -0.1) is 0 Å². The molecule has 0 amide bonds. The molecule has 1 saturated heterocycles. The topological polar surface area (TPSA) is 0 Å². The van der Waals surface area contributed by atoms with Crippen LogP contribution in [-0.2, 0) is 0 Å². The first-order valence-electron chi connectivity index (χ1n) is 5.22. The predicted molar refractivity (Wildman–Crippen MR) is 55.2 cm³/mol. The molecule has 1 aliphatic heterocycles. The van der Waals surface area contributed by atoms with Crippen molar-refractivity contribution >= 4 is 20.3 Å². The van der Waals surface area contributed by atoms with Crippen LogP contribution in [0, 0.1) is 11.6 Å². The Hall–Kier alpha value is -0.284. The molecule has 14 heavy (non-hydrogen) atoms. The van der Waals surface area contributed by atoms with Gasteiger partial charge in [0, 0.05) is 0 Å². The maximum atomic E-state index is 13.0. The molecule has 0 N–H and O–H groups in total. The zero-order chi connectivity index (χ0) is 9.97. The molecule has 0 saturated carbocycles. The van der Waals surface area contributed by atoms with Crippen molar-refractivity contribution in [2.75, 3.05) is 0 Å². The van der Waals surface area contributed by atoms with E-state index in [-0.39, 0.29) is 0 Å². The number of rotatable bonds is 1. The summed E-state index contributed by atoms with van der Waals surface area (Å²) in [6.07, 6.45) is 3.92. The molecule has 74 valence electrons. The Labute approximate surface area is 88.4 Å². The van der Waals surface area contributed by atoms with Crippen molar-refractivity contribution in [1.29, 1.82) is 0 Å². The summed E-state index contributed by atoms with van der Waals surface area (Å²) in [6.45, 7) is 0. The van der Waals surface area contributed by atoms with Crippen molar-refractivity contribution in [3.8, 4) is 0 Å². The molecule has 0 nitrogen and oxygen atoms in total. The van der Waals surface area contributed by atoms with Gasteiger partial charge in [0.2, 0.25) is 0 Å². The van der Waals surface area contributed by atoms with Crippen LogP contribution < -0.4 is 4.12 Å². The summed E-state index contributed by atoms with van der Waals surface area (Å²) in [7, 11) is 0. The van der Waals surface area contributed by atoms with Crippen LogP contribution in [0.2, 0.25) is 9.95 Å². The summed E-state index contributed by atoms with van der Waals surface area (Å²) in [5.41, 5.74) is 0. The fourth-order valence-corrected chi connectivity index (χ4v) is 9.06. The molecule has 1 aliphatic rings. The Bertz CT molecular complexity index is 319. The maximum absolute atomic E-state index is 13.0. The average Bonchev–Trinajstić information content (AvgIpc) is 2.23. The van der Waals surface area contributed by atoms with Gasteiger partial charge in [0.15, 0.2) is 0 Å². The summed E-state index contributed by atoms with van der Waals surface area (Å²) in [5, 5.41) is 0. The van der Waals surface area contributed by atoms with E-state index in [9.17, 15) is 8.78 Å². The fourth-order valence-electron chi connectivity index (χ4n) is 2.20. The van der Waals surface area contributed by atoms with E-state index in [1.807, 2.05) is 0 Å². The molecule has 1 heterocycles. The van der Waals surface area contributed by atoms with Crippen LogP contribution in [0.15, 0.2) is 18.2 Å². The number of benzene rings is 1. The minimum atomic E-state index is -1.42. The monoisotopic (exact) mass is 252 g/mol. The van der Waals surface area contributed by atoms with E-state index in [1.54, 1.807) is 6.07 Å². The minimum absolute atomic E-state index is 0.668. The van der Waals surface area contributed by atoms with Crippen LogP contribution in [0.3, 0.4) is 0 Å². The normalized spacial score (nSPS) is 17.1. The van der Waals surface area contributed by atoms with Crippen molar-refractivity contribution < 1.29 is 8.78 Å². The molecule has 0 spiro atoms. The third-order valence-electron chi connectivity index (χ3n) is 3.02. The van der Waals surface area contributed by atoms with Gasteiger partial charge < -0.3 is 0 Å². The van der Waals surface area contributed by atoms with Gasteiger partial charge in [-0.05, 0) is 0 Å². The molecule has 0 aliphatic carbocycles. The van der Waals surface area contributed by atoms with Crippen LogP contribution in [0.25, 0.3) is 0 Å². The van der Waals surface area contributed by atoms with Crippen molar-refractivity contribution in [2.24, 2.45) is 0 Å². The van der Waals surface area contributed by atoms with E-state index >= 15 is 0 Å². The van der Waals surface area contributed by atoms with Crippen LogP contribution in [0.1, 0.15) is 19.3 Å². The first-order chi connectivity index (χ1) is 6.77. The Balaban J connectivity index is 2.18. The van der Waals surface area contributed by atoms with Crippen molar-refractivity contribution in [3.05, 3.63) is 29.8 Å². The van der Waals surface area contributed by atoms with Gasteiger partial charge in [-0.3, -0.25) is 0 Å². The molecule has 0 atom stereocenters. The van der Waals surface area contributed by atoms with Crippen LogP contribution in [0.5, 0.6) is 0 Å². The van der Waals surface area contributed by atoms with Gasteiger partial charge in [-0.2, -0.15) is 0 Å². The zero-order valence-electron chi connectivity index (χ0n) is 8.10. The van der Waals surface area contributed by atoms with E-state index in [0.29, 0.717) is 0 Å². The molecule has 0 unspecified atom stereocenters. The molecule has 0 aromatic heterocycles. The fraction of sp³-hybridized carbons (Fsp3) is 0.455. The summed E-state index contributed by atoms with van der Waals surface area (Å²) in [4.78, 5) is 2.61. The second-order valence-corrected chi connectivity index (χ2v) is 10.8. The summed E-state index contributed by atoms with van der Waals surface area (Å²) < 4.78 is 26.9. The Kier molecular flexibility index (Phi) is 3.28. The zero-order valence-corrected chi connectivity index (χ0v) is 10.5. The molecular weight excluding hydrogens is 240 g/mol. The molecule has 1 fully saturated rings. The van der Waals surface area contributed by atoms with Crippen LogP contribution in [-0.4, -0.2) is 16.2 Å². The third kappa shape index (κ3) is 2.20. The van der Waals surface area contributed by atoms with Crippen molar-refractivity contribution in [3.63, 3.8) is 0 Å².